The fourth-order valence-corrected chi connectivity index (χ4v) is 12.9. The molecule has 2 aliphatic rings. The first-order valence-electron chi connectivity index (χ1n) is 25.3. The van der Waals surface area contributed by atoms with Gasteiger partial charge < -0.3 is 13.9 Å². The van der Waals surface area contributed by atoms with Crippen molar-refractivity contribution in [1.82, 2.24) is 14.1 Å². The predicted molar refractivity (Wildman–Crippen MR) is 291 cm³/mol. The molecule has 0 fully saturated rings. The molecule has 0 bridgehead atoms. The van der Waals surface area contributed by atoms with E-state index in [-0.39, 0.29) is 48.1 Å². The SMILES string of the molecule is CC(C)(C)c1ccnc(-n2c3[c-]c(Oc4[c-]c(-n5[c-][n+](-c6c(-c7ccc8c(c7)C(C)(C)CC8(C)C)cccc6-c6ccc7c(c6)C(C)(C)CC7(C)C)c6ccccc65)ccc4)ccc3c3ccccc32)c1.[Pt]. The smallest absolute Gasteiger partial charge is 0.268 e. The topological polar surface area (TPSA) is 35.9 Å². The molecule has 0 N–H and O–H groups in total. The molecular weight excluding hydrogens is 1060 g/mol. The molecule has 0 saturated heterocycles. The summed E-state index contributed by atoms with van der Waals surface area (Å²) in [4.78, 5) is 4.88. The van der Waals surface area contributed by atoms with Crippen molar-refractivity contribution in [2.24, 2.45) is 0 Å². The maximum atomic E-state index is 6.73. The molecule has 5 nitrogen and oxygen atoms in total. The largest absolute Gasteiger partial charge is 0.510 e. The Morgan fingerprint density at radius 3 is 1.79 bits per heavy atom. The monoisotopic (exact) mass is 1120 g/mol. The molecule has 0 aliphatic heterocycles. The van der Waals surface area contributed by atoms with Crippen molar-refractivity contribution in [3.63, 3.8) is 0 Å². The Bertz CT molecular complexity index is 3700. The van der Waals surface area contributed by atoms with Crippen molar-refractivity contribution in [1.29, 1.82) is 0 Å². The fourth-order valence-electron chi connectivity index (χ4n) is 12.9. The zero-order valence-corrected chi connectivity index (χ0v) is 45.6. The Hall–Kier alpha value is -6.55. The van der Waals surface area contributed by atoms with Crippen LogP contribution < -0.4 is 9.30 Å². The van der Waals surface area contributed by atoms with Gasteiger partial charge in [0.25, 0.3) is 6.33 Å². The van der Waals surface area contributed by atoms with E-state index in [0.717, 1.165) is 62.9 Å². The van der Waals surface area contributed by atoms with Crippen LogP contribution in [0, 0.1) is 18.5 Å². The van der Waals surface area contributed by atoms with E-state index in [2.05, 4.69) is 236 Å². The minimum atomic E-state index is -0.0311. The Kier molecular flexibility index (Phi) is 11.1. The molecule has 10 aromatic rings. The first kappa shape index (κ1) is 47.8. The van der Waals surface area contributed by atoms with Crippen LogP contribution in [0.15, 0.2) is 152 Å². The second kappa shape index (κ2) is 16.8. The minimum Gasteiger partial charge on any atom is -0.510 e. The number of aromatic nitrogens is 4. The molecule has 6 heteroatoms. The molecule has 3 aromatic heterocycles. The van der Waals surface area contributed by atoms with Gasteiger partial charge in [0.2, 0.25) is 0 Å². The molecule has 72 heavy (non-hydrogen) atoms. The number of hydrogen-bond acceptors (Lipinski definition) is 2. The van der Waals surface area contributed by atoms with Crippen LogP contribution in [0.3, 0.4) is 0 Å². The Morgan fingerprint density at radius 2 is 1.14 bits per heavy atom. The van der Waals surface area contributed by atoms with Crippen LogP contribution in [0.4, 0.5) is 0 Å². The third-order valence-electron chi connectivity index (χ3n) is 15.8. The summed E-state index contributed by atoms with van der Waals surface area (Å²) in [5.74, 6) is 2.03. The number of hydrogen-bond donors (Lipinski definition) is 0. The van der Waals surface area contributed by atoms with E-state index in [4.69, 9.17) is 9.72 Å². The number of imidazole rings is 1. The molecule has 2 aliphatic carbocycles. The third kappa shape index (κ3) is 7.77. The van der Waals surface area contributed by atoms with Crippen molar-refractivity contribution in [3.8, 4) is 50.9 Å². The van der Waals surface area contributed by atoms with Gasteiger partial charge in [-0.15, -0.1) is 29.7 Å². The summed E-state index contributed by atoms with van der Waals surface area (Å²) in [7, 11) is 0. The maximum Gasteiger partial charge on any atom is 0.268 e. The molecule has 0 radical (unpaired) electrons. The molecule has 0 amide bonds. The number of ether oxygens (including phenoxy) is 1. The van der Waals surface area contributed by atoms with E-state index < -0.39 is 0 Å². The second-order valence-corrected chi connectivity index (χ2v) is 24.0. The molecule has 0 unspecified atom stereocenters. The van der Waals surface area contributed by atoms with Crippen LogP contribution in [-0.2, 0) is 48.1 Å². The van der Waals surface area contributed by atoms with Gasteiger partial charge in [0, 0.05) is 44.3 Å². The Labute approximate surface area is 439 Å². The van der Waals surface area contributed by atoms with Crippen molar-refractivity contribution >= 4 is 32.8 Å². The van der Waals surface area contributed by atoms with Gasteiger partial charge in [0.1, 0.15) is 5.82 Å². The summed E-state index contributed by atoms with van der Waals surface area (Å²) in [6.07, 6.45) is 8.04. The van der Waals surface area contributed by atoms with Crippen LogP contribution in [0.5, 0.6) is 11.5 Å². The molecular formula is C66H62N4OPt-2. The van der Waals surface area contributed by atoms with Gasteiger partial charge in [0.05, 0.1) is 16.7 Å². The molecule has 0 spiro atoms. The fraction of sp³-hybridized carbons (Fsp3) is 0.273. The van der Waals surface area contributed by atoms with E-state index in [1.165, 1.54) is 50.1 Å². The first-order valence-corrected chi connectivity index (χ1v) is 25.3. The first-order chi connectivity index (χ1) is 33.8. The zero-order valence-electron chi connectivity index (χ0n) is 43.4. The van der Waals surface area contributed by atoms with E-state index in [0.29, 0.717) is 11.5 Å². The summed E-state index contributed by atoms with van der Waals surface area (Å²) in [6.45, 7) is 25.9. The summed E-state index contributed by atoms with van der Waals surface area (Å²) in [5.41, 5.74) is 18.0. The quantitative estimate of drug-likeness (QED) is 0.118. The summed E-state index contributed by atoms with van der Waals surface area (Å²) < 4.78 is 13.3. The van der Waals surface area contributed by atoms with Crippen molar-refractivity contribution < 1.29 is 30.4 Å². The van der Waals surface area contributed by atoms with Gasteiger partial charge in [0.15, 0.2) is 0 Å². The summed E-state index contributed by atoms with van der Waals surface area (Å²) in [6, 6.07) is 60.2. The normalized spacial score (nSPS) is 16.2. The molecule has 12 rings (SSSR count). The average molecular weight is 1120 g/mol. The number of pyridine rings is 1. The van der Waals surface area contributed by atoms with Gasteiger partial charge in [-0.1, -0.05) is 179 Å². The van der Waals surface area contributed by atoms with Crippen LogP contribution in [0.25, 0.3) is 72.3 Å². The third-order valence-corrected chi connectivity index (χ3v) is 15.8. The van der Waals surface area contributed by atoms with Crippen LogP contribution >= 0.6 is 0 Å². The van der Waals surface area contributed by atoms with Gasteiger partial charge in [-0.3, -0.25) is 4.57 Å². The molecule has 0 atom stereocenters. The van der Waals surface area contributed by atoms with Gasteiger partial charge in [-0.05, 0) is 119 Å². The number of fused-ring (bicyclic) bond motifs is 6. The number of rotatable bonds is 7. The number of para-hydroxylation sites is 4. The van der Waals surface area contributed by atoms with E-state index in [1.54, 1.807) is 0 Å². The Balaban J connectivity index is 0.00000560. The minimum absolute atomic E-state index is 0. The Morgan fingerprint density at radius 1 is 0.556 bits per heavy atom. The van der Waals surface area contributed by atoms with E-state index in [1.807, 2.05) is 24.4 Å². The van der Waals surface area contributed by atoms with Crippen LogP contribution in [-0.4, -0.2) is 14.1 Å². The van der Waals surface area contributed by atoms with Crippen molar-refractivity contribution in [2.75, 3.05) is 0 Å². The molecule has 7 aromatic carbocycles. The summed E-state index contributed by atoms with van der Waals surface area (Å²) >= 11 is 0. The molecule has 3 heterocycles. The maximum absolute atomic E-state index is 6.73. The van der Waals surface area contributed by atoms with Crippen LogP contribution in [0.2, 0.25) is 0 Å². The van der Waals surface area contributed by atoms with E-state index >= 15 is 0 Å². The standard InChI is InChI=1S/C66H62N4O.Pt/c1-62(2,3)44-32-33-67-60(36-44)70-56-23-13-12-20-50(56)51-29-28-47(38-59(51)70)71-46-19-16-18-45(37-46)68-41-69(58-25-15-14-24-57(58)68)61-48(42-26-30-52-54(34-42)65(8,9)39-63(52,4)5)21-17-22-49(61)43-27-31-53-55(35-43)66(10,11)40-64(53,6)7;/h12-36H,39-40H2,1-11H3;/q-2;. The average Bonchev–Trinajstić information content (AvgIpc) is 3.99. The summed E-state index contributed by atoms with van der Waals surface area (Å²) in [5, 5.41) is 2.23. The van der Waals surface area contributed by atoms with Gasteiger partial charge >= 0.3 is 0 Å². The predicted octanol–water partition coefficient (Wildman–Crippen LogP) is 16.1. The van der Waals surface area contributed by atoms with Crippen molar-refractivity contribution in [2.45, 2.75) is 116 Å². The number of benzene rings is 7. The molecule has 364 valence electrons. The van der Waals surface area contributed by atoms with Gasteiger partial charge in [-0.2, -0.15) is 18.2 Å². The van der Waals surface area contributed by atoms with E-state index in [9.17, 15) is 0 Å². The van der Waals surface area contributed by atoms with Crippen molar-refractivity contribution in [3.05, 3.63) is 198 Å². The van der Waals surface area contributed by atoms with Gasteiger partial charge in [-0.25, -0.2) is 4.98 Å². The van der Waals surface area contributed by atoms with Crippen LogP contribution in [0.1, 0.15) is 117 Å². The zero-order chi connectivity index (χ0) is 49.4. The second-order valence-electron chi connectivity index (χ2n) is 24.0. The number of nitrogens with zero attached hydrogens (tertiary/aromatic N) is 4. The molecule has 0 saturated carbocycles.